The molecule has 0 unspecified atom stereocenters. The molecule has 3 aromatic rings. The summed E-state index contributed by atoms with van der Waals surface area (Å²) in [6.45, 7) is 2.37. The first-order chi connectivity index (χ1) is 12.4. The van der Waals surface area contributed by atoms with Crippen LogP contribution >= 0.6 is 0 Å². The van der Waals surface area contributed by atoms with Crippen molar-refractivity contribution in [3.63, 3.8) is 0 Å². The first-order valence-corrected chi connectivity index (χ1v) is 8.72. The molecule has 3 nitrogen and oxygen atoms in total. The number of nitrogens with zero attached hydrogens (tertiary/aromatic N) is 3. The second kappa shape index (κ2) is 6.43. The molecule has 136 valence electrons. The number of fused-ring (bicyclic) bond motifs is 3. The van der Waals surface area contributed by atoms with Crippen LogP contribution in [0.3, 0.4) is 0 Å². The van der Waals surface area contributed by atoms with Crippen molar-refractivity contribution in [2.24, 2.45) is 0 Å². The van der Waals surface area contributed by atoms with Crippen LogP contribution in [-0.4, -0.2) is 28.0 Å². The molecule has 0 saturated heterocycles. The van der Waals surface area contributed by atoms with Gasteiger partial charge in [-0.05, 0) is 54.9 Å². The number of alkyl halides is 3. The summed E-state index contributed by atoms with van der Waals surface area (Å²) in [6.07, 6.45) is 0.904. The third-order valence-electron chi connectivity index (χ3n) is 5.15. The molecule has 0 N–H and O–H groups in total. The molecular formula is C20H20F3N3. The molecule has 3 heterocycles. The highest BCUT2D eigenvalue weighted by atomic mass is 19.4. The highest BCUT2D eigenvalue weighted by Crippen LogP contribution is 2.36. The van der Waals surface area contributed by atoms with Gasteiger partial charge in [0.1, 0.15) is 0 Å². The number of hydrogen-bond acceptors (Lipinski definition) is 2. The van der Waals surface area contributed by atoms with Crippen LogP contribution in [0.2, 0.25) is 0 Å². The molecule has 0 bridgehead atoms. The molecular weight excluding hydrogens is 339 g/mol. The maximum Gasteiger partial charge on any atom is 0.416 e. The third-order valence-corrected chi connectivity index (χ3v) is 5.15. The van der Waals surface area contributed by atoms with Crippen LogP contribution in [-0.2, 0) is 32.1 Å². The molecule has 2 aromatic heterocycles. The number of rotatable bonds is 3. The first kappa shape index (κ1) is 17.1. The summed E-state index contributed by atoms with van der Waals surface area (Å²) in [5.74, 6) is 0. The molecule has 0 atom stereocenters. The molecule has 0 saturated carbocycles. The van der Waals surface area contributed by atoms with Gasteiger partial charge in [-0.15, -0.1) is 0 Å². The molecule has 0 amide bonds. The summed E-state index contributed by atoms with van der Waals surface area (Å²) >= 11 is 0. The van der Waals surface area contributed by atoms with E-state index in [0.717, 1.165) is 42.4 Å². The smallest absolute Gasteiger partial charge is 0.344 e. The monoisotopic (exact) mass is 359 g/mol. The molecule has 1 aliphatic rings. The number of aryl methyl sites for hydroxylation is 2. The lowest BCUT2D eigenvalue weighted by Crippen LogP contribution is -2.27. The van der Waals surface area contributed by atoms with Crippen molar-refractivity contribution in [1.82, 2.24) is 14.5 Å². The predicted octanol–water partition coefficient (Wildman–Crippen LogP) is 4.29. The van der Waals surface area contributed by atoms with E-state index in [1.165, 1.54) is 23.4 Å². The molecule has 4 rings (SSSR count). The average Bonchev–Trinajstić information content (AvgIpc) is 2.92. The van der Waals surface area contributed by atoms with Gasteiger partial charge in [-0.2, -0.15) is 13.2 Å². The standard InChI is InChI=1S/C20H20F3N3/c1-25-10-7-19-17(13-25)16-12-15(20(21,22)23)2-3-18(16)26(19)11-6-14-4-8-24-9-5-14/h2-5,8-9,12H,6-7,10-11,13H2,1H3. The second-order valence-electron chi connectivity index (χ2n) is 6.90. The topological polar surface area (TPSA) is 21.1 Å². The van der Waals surface area contributed by atoms with Crippen LogP contribution in [0.1, 0.15) is 22.4 Å². The minimum absolute atomic E-state index is 0.577. The van der Waals surface area contributed by atoms with Crippen molar-refractivity contribution in [3.05, 3.63) is 65.1 Å². The van der Waals surface area contributed by atoms with Crippen molar-refractivity contribution in [2.75, 3.05) is 13.6 Å². The zero-order valence-corrected chi connectivity index (χ0v) is 14.6. The molecule has 0 fully saturated rings. The van der Waals surface area contributed by atoms with Gasteiger partial charge in [0.05, 0.1) is 5.56 Å². The summed E-state index contributed by atoms with van der Waals surface area (Å²) in [4.78, 5) is 6.19. The number of likely N-dealkylation sites (N-methyl/N-ethyl adjacent to an activating group) is 1. The largest absolute Gasteiger partial charge is 0.416 e. The van der Waals surface area contributed by atoms with Gasteiger partial charge in [0.2, 0.25) is 0 Å². The molecule has 0 aliphatic carbocycles. The van der Waals surface area contributed by atoms with Crippen LogP contribution in [0.4, 0.5) is 13.2 Å². The zero-order valence-electron chi connectivity index (χ0n) is 14.6. The number of halogens is 3. The Morgan fingerprint density at radius 3 is 2.62 bits per heavy atom. The lowest BCUT2D eigenvalue weighted by molar-refractivity contribution is -0.137. The van der Waals surface area contributed by atoms with Gasteiger partial charge in [0.25, 0.3) is 0 Å². The SMILES string of the molecule is CN1CCc2c(c3cc(C(F)(F)F)ccc3n2CCc2ccncc2)C1. The molecule has 0 radical (unpaired) electrons. The predicted molar refractivity (Wildman–Crippen MR) is 94.9 cm³/mol. The normalized spacial score (nSPS) is 15.4. The summed E-state index contributed by atoms with van der Waals surface area (Å²) < 4.78 is 41.7. The van der Waals surface area contributed by atoms with Crippen molar-refractivity contribution in [2.45, 2.75) is 32.1 Å². The molecule has 1 aliphatic heterocycles. The Hall–Kier alpha value is -2.34. The van der Waals surface area contributed by atoms with Crippen molar-refractivity contribution in [1.29, 1.82) is 0 Å². The Morgan fingerprint density at radius 1 is 1.12 bits per heavy atom. The number of hydrogen-bond donors (Lipinski definition) is 0. The van der Waals surface area contributed by atoms with E-state index in [2.05, 4.69) is 14.5 Å². The fourth-order valence-corrected chi connectivity index (χ4v) is 3.81. The van der Waals surface area contributed by atoms with Crippen LogP contribution in [0.5, 0.6) is 0 Å². The maximum atomic E-state index is 13.2. The van der Waals surface area contributed by atoms with Gasteiger partial charge in [0.15, 0.2) is 0 Å². The molecule has 0 spiro atoms. The fourth-order valence-electron chi connectivity index (χ4n) is 3.81. The summed E-state index contributed by atoms with van der Waals surface area (Å²) in [6, 6.07) is 8.10. The number of aromatic nitrogens is 2. The maximum absolute atomic E-state index is 13.2. The van der Waals surface area contributed by atoms with Gasteiger partial charge in [-0.3, -0.25) is 4.98 Å². The highest BCUT2D eigenvalue weighted by Gasteiger charge is 2.32. The van der Waals surface area contributed by atoms with E-state index in [-0.39, 0.29) is 0 Å². The second-order valence-corrected chi connectivity index (χ2v) is 6.90. The first-order valence-electron chi connectivity index (χ1n) is 8.72. The van der Waals surface area contributed by atoms with E-state index in [0.29, 0.717) is 6.54 Å². The van der Waals surface area contributed by atoms with Gasteiger partial charge < -0.3 is 9.47 Å². The quantitative estimate of drug-likeness (QED) is 0.696. The van der Waals surface area contributed by atoms with Gasteiger partial charge in [-0.1, -0.05) is 0 Å². The van der Waals surface area contributed by atoms with E-state index in [4.69, 9.17) is 0 Å². The van der Waals surface area contributed by atoms with E-state index in [1.54, 1.807) is 18.5 Å². The van der Waals surface area contributed by atoms with E-state index in [9.17, 15) is 13.2 Å². The van der Waals surface area contributed by atoms with E-state index >= 15 is 0 Å². The Labute approximate surface area is 150 Å². The Morgan fingerprint density at radius 2 is 1.88 bits per heavy atom. The molecule has 26 heavy (non-hydrogen) atoms. The zero-order chi connectivity index (χ0) is 18.3. The highest BCUT2D eigenvalue weighted by molar-refractivity contribution is 5.86. The average molecular weight is 359 g/mol. The van der Waals surface area contributed by atoms with Gasteiger partial charge >= 0.3 is 6.18 Å². The van der Waals surface area contributed by atoms with Gasteiger partial charge in [0, 0.05) is 55.0 Å². The third kappa shape index (κ3) is 3.09. The van der Waals surface area contributed by atoms with Crippen molar-refractivity contribution < 1.29 is 13.2 Å². The lowest BCUT2D eigenvalue weighted by atomic mass is 10.0. The Balaban J connectivity index is 1.79. The van der Waals surface area contributed by atoms with E-state index in [1.807, 2.05) is 19.2 Å². The molecule has 1 aromatic carbocycles. The van der Waals surface area contributed by atoms with Crippen LogP contribution < -0.4 is 0 Å². The fraction of sp³-hybridized carbons (Fsp3) is 0.350. The summed E-state index contributed by atoms with van der Waals surface area (Å²) in [5, 5.41) is 0.733. The summed E-state index contributed by atoms with van der Waals surface area (Å²) in [5.41, 5.74) is 3.70. The number of pyridine rings is 1. The molecule has 6 heteroatoms. The summed E-state index contributed by atoms with van der Waals surface area (Å²) in [7, 11) is 2.01. The van der Waals surface area contributed by atoms with E-state index < -0.39 is 11.7 Å². The van der Waals surface area contributed by atoms with Crippen molar-refractivity contribution >= 4 is 10.9 Å². The Kier molecular flexibility index (Phi) is 4.23. The van der Waals surface area contributed by atoms with Crippen molar-refractivity contribution in [3.8, 4) is 0 Å². The van der Waals surface area contributed by atoms with Gasteiger partial charge in [-0.25, -0.2) is 0 Å². The number of benzene rings is 1. The van der Waals surface area contributed by atoms with Crippen LogP contribution in [0, 0.1) is 0 Å². The minimum Gasteiger partial charge on any atom is -0.344 e. The lowest BCUT2D eigenvalue weighted by Gasteiger charge is -2.24. The van der Waals surface area contributed by atoms with Crippen LogP contribution in [0.15, 0.2) is 42.7 Å². The minimum atomic E-state index is -4.32. The van der Waals surface area contributed by atoms with Crippen LogP contribution in [0.25, 0.3) is 10.9 Å². The Bertz CT molecular complexity index is 929.